The molecule has 2 atom stereocenters. The van der Waals surface area contributed by atoms with Crippen LogP contribution in [0.25, 0.3) is 0 Å². The van der Waals surface area contributed by atoms with Crippen LogP contribution in [0.15, 0.2) is 18.2 Å². The quantitative estimate of drug-likeness (QED) is 0.786. The number of aliphatic hydroxyl groups excluding tert-OH is 1. The molecule has 0 aliphatic rings. The van der Waals surface area contributed by atoms with Gasteiger partial charge in [0.1, 0.15) is 0 Å². The molecule has 0 saturated heterocycles. The number of amides is 1. The molecule has 1 aromatic carbocycles. The molecule has 1 amide bonds. The fraction of sp³-hybridized carbons (Fsp3) is 0.273. The minimum Gasteiger partial charge on any atom is -0.480 e. The van der Waals surface area contributed by atoms with Crippen molar-refractivity contribution >= 4 is 35.1 Å². The van der Waals surface area contributed by atoms with Crippen LogP contribution in [-0.2, 0) is 4.79 Å². The van der Waals surface area contributed by atoms with Crippen LogP contribution in [0.5, 0.6) is 0 Å². The third-order valence-corrected chi connectivity index (χ3v) is 2.77. The molecule has 0 saturated carbocycles. The molecule has 0 heterocycles. The lowest BCUT2D eigenvalue weighted by molar-refractivity contribution is -0.141. The van der Waals surface area contributed by atoms with E-state index in [9.17, 15) is 14.7 Å². The Balaban J connectivity index is 2.94. The molecule has 1 rings (SSSR count). The van der Waals surface area contributed by atoms with Crippen molar-refractivity contribution in [3.05, 3.63) is 33.8 Å². The number of hydrogen-bond donors (Lipinski definition) is 3. The number of aliphatic hydroxyl groups is 1. The molecular formula is C11H11Cl2NO4. The Hall–Kier alpha value is -1.30. The van der Waals surface area contributed by atoms with Gasteiger partial charge in [-0.3, -0.25) is 4.79 Å². The van der Waals surface area contributed by atoms with Crippen molar-refractivity contribution in [2.45, 2.75) is 19.1 Å². The van der Waals surface area contributed by atoms with Crippen molar-refractivity contribution in [3.8, 4) is 0 Å². The highest BCUT2D eigenvalue weighted by molar-refractivity contribution is 6.35. The van der Waals surface area contributed by atoms with Gasteiger partial charge in [0.05, 0.1) is 16.7 Å². The first-order valence-corrected chi connectivity index (χ1v) is 5.75. The molecule has 0 aromatic heterocycles. The van der Waals surface area contributed by atoms with E-state index in [1.54, 1.807) is 0 Å². The van der Waals surface area contributed by atoms with Crippen LogP contribution in [0.2, 0.25) is 10.0 Å². The standard InChI is InChI=1S/C11H11Cl2NO4/c1-5(15)9(11(17)18)14-10(16)7-4-6(12)2-3-8(7)13/h2-5,9,15H,1H3,(H,14,16)(H,17,18). The van der Waals surface area contributed by atoms with E-state index in [1.807, 2.05) is 0 Å². The largest absolute Gasteiger partial charge is 0.480 e. The fourth-order valence-corrected chi connectivity index (χ4v) is 1.65. The van der Waals surface area contributed by atoms with Crippen molar-refractivity contribution in [3.63, 3.8) is 0 Å². The molecule has 1 aromatic rings. The summed E-state index contributed by atoms with van der Waals surface area (Å²) in [5.41, 5.74) is 0.0519. The molecule has 3 N–H and O–H groups in total. The number of carboxylic acids is 1. The number of carboxylic acid groups (broad SMARTS) is 1. The summed E-state index contributed by atoms with van der Waals surface area (Å²) in [6.07, 6.45) is -1.23. The summed E-state index contributed by atoms with van der Waals surface area (Å²) in [7, 11) is 0. The number of benzene rings is 1. The number of rotatable bonds is 4. The van der Waals surface area contributed by atoms with Crippen LogP contribution >= 0.6 is 23.2 Å². The highest BCUT2D eigenvalue weighted by atomic mass is 35.5. The predicted octanol–water partition coefficient (Wildman–Crippen LogP) is 1.56. The Kier molecular flexibility index (Phi) is 4.95. The number of nitrogens with one attached hydrogen (secondary N) is 1. The van der Waals surface area contributed by atoms with E-state index in [1.165, 1.54) is 25.1 Å². The number of carbonyl (C=O) groups is 2. The first-order valence-electron chi connectivity index (χ1n) is 4.99. The molecule has 2 unspecified atom stereocenters. The fourth-order valence-electron chi connectivity index (χ4n) is 1.28. The van der Waals surface area contributed by atoms with E-state index in [0.717, 1.165) is 0 Å². The Morgan fingerprint density at radius 3 is 2.44 bits per heavy atom. The van der Waals surface area contributed by atoms with Crippen molar-refractivity contribution in [2.75, 3.05) is 0 Å². The van der Waals surface area contributed by atoms with E-state index < -0.39 is 24.0 Å². The van der Waals surface area contributed by atoms with Gasteiger partial charge in [-0.15, -0.1) is 0 Å². The molecule has 98 valence electrons. The van der Waals surface area contributed by atoms with E-state index >= 15 is 0 Å². The summed E-state index contributed by atoms with van der Waals surface area (Å²) in [5, 5.41) is 20.7. The highest BCUT2D eigenvalue weighted by Gasteiger charge is 2.26. The van der Waals surface area contributed by atoms with Gasteiger partial charge in [0.25, 0.3) is 5.91 Å². The van der Waals surface area contributed by atoms with Gasteiger partial charge in [-0.2, -0.15) is 0 Å². The predicted molar refractivity (Wildman–Crippen MR) is 67.0 cm³/mol. The smallest absolute Gasteiger partial charge is 0.328 e. The van der Waals surface area contributed by atoms with Crippen molar-refractivity contribution in [1.82, 2.24) is 5.32 Å². The Bertz CT molecular complexity index is 476. The van der Waals surface area contributed by atoms with Crippen LogP contribution in [0.1, 0.15) is 17.3 Å². The van der Waals surface area contributed by atoms with Crippen LogP contribution in [-0.4, -0.2) is 34.2 Å². The Labute approximate surface area is 113 Å². The number of halogens is 2. The average Bonchev–Trinajstić information content (AvgIpc) is 2.28. The maximum atomic E-state index is 11.8. The first kappa shape index (κ1) is 14.8. The first-order chi connectivity index (χ1) is 8.32. The topological polar surface area (TPSA) is 86.6 Å². The van der Waals surface area contributed by atoms with Crippen LogP contribution < -0.4 is 5.32 Å². The minimum atomic E-state index is -1.41. The second kappa shape index (κ2) is 6.04. The molecule has 7 heteroatoms. The zero-order chi connectivity index (χ0) is 13.9. The number of aliphatic carboxylic acids is 1. The van der Waals surface area contributed by atoms with E-state index in [2.05, 4.69) is 5.32 Å². The lowest BCUT2D eigenvalue weighted by Crippen LogP contribution is -2.47. The average molecular weight is 292 g/mol. The third-order valence-electron chi connectivity index (χ3n) is 2.21. The lowest BCUT2D eigenvalue weighted by Gasteiger charge is -2.17. The molecule has 0 bridgehead atoms. The van der Waals surface area contributed by atoms with E-state index in [0.29, 0.717) is 5.02 Å². The van der Waals surface area contributed by atoms with Crippen LogP contribution in [0, 0.1) is 0 Å². The zero-order valence-corrected chi connectivity index (χ0v) is 10.9. The van der Waals surface area contributed by atoms with Gasteiger partial charge in [-0.05, 0) is 25.1 Å². The molecule has 5 nitrogen and oxygen atoms in total. The van der Waals surface area contributed by atoms with Gasteiger partial charge in [0, 0.05) is 5.02 Å². The minimum absolute atomic E-state index is 0.0519. The molecule has 0 radical (unpaired) electrons. The Morgan fingerprint density at radius 1 is 1.33 bits per heavy atom. The molecule has 0 spiro atoms. The van der Waals surface area contributed by atoms with Crippen LogP contribution in [0.4, 0.5) is 0 Å². The van der Waals surface area contributed by atoms with Crippen molar-refractivity contribution in [1.29, 1.82) is 0 Å². The summed E-state index contributed by atoms with van der Waals surface area (Å²) in [6.45, 7) is 1.26. The van der Waals surface area contributed by atoms with Gasteiger partial charge in [-0.25, -0.2) is 4.79 Å². The van der Waals surface area contributed by atoms with Gasteiger partial charge in [0.2, 0.25) is 0 Å². The maximum Gasteiger partial charge on any atom is 0.328 e. The molecular weight excluding hydrogens is 281 g/mol. The zero-order valence-electron chi connectivity index (χ0n) is 9.35. The Morgan fingerprint density at radius 2 is 1.94 bits per heavy atom. The second-order valence-corrected chi connectivity index (χ2v) is 4.50. The summed E-state index contributed by atoms with van der Waals surface area (Å²) < 4.78 is 0. The number of carbonyl (C=O) groups excluding carboxylic acids is 1. The van der Waals surface area contributed by atoms with Crippen molar-refractivity contribution in [2.24, 2.45) is 0 Å². The van der Waals surface area contributed by atoms with Gasteiger partial charge >= 0.3 is 5.97 Å². The van der Waals surface area contributed by atoms with Crippen LogP contribution in [0.3, 0.4) is 0 Å². The molecule has 0 fully saturated rings. The summed E-state index contributed by atoms with van der Waals surface area (Å²) in [4.78, 5) is 22.6. The van der Waals surface area contributed by atoms with E-state index in [-0.39, 0.29) is 10.6 Å². The second-order valence-electron chi connectivity index (χ2n) is 3.65. The number of hydrogen-bond acceptors (Lipinski definition) is 3. The van der Waals surface area contributed by atoms with E-state index in [4.69, 9.17) is 28.3 Å². The highest BCUT2D eigenvalue weighted by Crippen LogP contribution is 2.20. The summed E-state index contributed by atoms with van der Waals surface area (Å²) in [6, 6.07) is 2.84. The third kappa shape index (κ3) is 3.60. The normalized spacial score (nSPS) is 13.8. The SMILES string of the molecule is CC(O)C(NC(=O)c1cc(Cl)ccc1Cl)C(=O)O. The van der Waals surface area contributed by atoms with Gasteiger partial charge in [0.15, 0.2) is 6.04 Å². The monoisotopic (exact) mass is 291 g/mol. The summed E-state index contributed by atoms with van der Waals surface area (Å²) >= 11 is 11.5. The maximum absolute atomic E-state index is 11.8. The molecule has 0 aliphatic heterocycles. The summed E-state index contributed by atoms with van der Waals surface area (Å²) in [5.74, 6) is -2.05. The van der Waals surface area contributed by atoms with Gasteiger partial charge < -0.3 is 15.5 Å². The molecule has 18 heavy (non-hydrogen) atoms. The van der Waals surface area contributed by atoms with Gasteiger partial charge in [-0.1, -0.05) is 23.2 Å². The molecule has 0 aliphatic carbocycles. The van der Waals surface area contributed by atoms with Crippen molar-refractivity contribution < 1.29 is 19.8 Å². The lowest BCUT2D eigenvalue weighted by atomic mass is 10.1.